The first-order chi connectivity index (χ1) is 10.3. The normalized spacial score (nSPS) is 25.8. The molecule has 1 heterocycles. The smallest absolute Gasteiger partial charge is 0.167 e. The summed E-state index contributed by atoms with van der Waals surface area (Å²) in [7, 11) is 0. The molecule has 0 spiro atoms. The number of Topliss-reactive ketones (excluding diaryl/α,β-unsaturated/α-hetero) is 1. The van der Waals surface area contributed by atoms with Crippen LogP contribution in [0.3, 0.4) is 0 Å². The molecular weight excluding hydrogens is 266 g/mol. The van der Waals surface area contributed by atoms with E-state index in [1.807, 2.05) is 18.2 Å². The van der Waals surface area contributed by atoms with E-state index in [2.05, 4.69) is 0 Å². The second-order valence-electron chi connectivity index (χ2n) is 5.98. The van der Waals surface area contributed by atoms with Crippen LogP contribution in [0, 0.1) is 5.92 Å². The van der Waals surface area contributed by atoms with E-state index in [1.165, 1.54) is 6.42 Å². The summed E-state index contributed by atoms with van der Waals surface area (Å²) in [6.45, 7) is 1.29. The Kier molecular flexibility index (Phi) is 4.44. The molecule has 0 aromatic heterocycles. The van der Waals surface area contributed by atoms with Crippen molar-refractivity contribution in [3.8, 4) is 11.5 Å². The van der Waals surface area contributed by atoms with Gasteiger partial charge in [0.05, 0.1) is 13.2 Å². The Hall–Kier alpha value is -1.55. The molecule has 2 atom stereocenters. The van der Waals surface area contributed by atoms with Crippen LogP contribution in [0.4, 0.5) is 0 Å². The van der Waals surface area contributed by atoms with Gasteiger partial charge < -0.3 is 15.2 Å². The minimum atomic E-state index is -0.0581. The zero-order chi connectivity index (χ0) is 14.7. The van der Waals surface area contributed by atoms with Gasteiger partial charge in [-0.15, -0.1) is 0 Å². The standard InChI is InChI=1S/C17H23NO3/c18-14-6-3-1-2-5-13(14)17(19)12-7-8-15-16(11-12)21-10-4-9-20-15/h7-8,11,13-14H,1-6,9-10,18H2. The molecule has 1 aromatic carbocycles. The lowest BCUT2D eigenvalue weighted by atomic mass is 9.87. The van der Waals surface area contributed by atoms with Crippen LogP contribution >= 0.6 is 0 Å². The fourth-order valence-corrected chi connectivity index (χ4v) is 3.19. The molecule has 2 unspecified atom stereocenters. The van der Waals surface area contributed by atoms with Gasteiger partial charge in [-0.25, -0.2) is 0 Å². The molecule has 114 valence electrons. The van der Waals surface area contributed by atoms with Crippen LogP contribution in [0.5, 0.6) is 11.5 Å². The number of nitrogens with two attached hydrogens (primary N) is 1. The maximum atomic E-state index is 12.8. The summed E-state index contributed by atoms with van der Waals surface area (Å²) in [4.78, 5) is 12.8. The molecule has 0 saturated heterocycles. The van der Waals surface area contributed by atoms with Crippen molar-refractivity contribution in [2.45, 2.75) is 44.6 Å². The van der Waals surface area contributed by atoms with Gasteiger partial charge in [-0.1, -0.05) is 19.3 Å². The summed E-state index contributed by atoms with van der Waals surface area (Å²) in [6, 6.07) is 5.49. The van der Waals surface area contributed by atoms with Crippen molar-refractivity contribution in [2.75, 3.05) is 13.2 Å². The van der Waals surface area contributed by atoms with Crippen LogP contribution in [0.1, 0.15) is 48.9 Å². The second-order valence-corrected chi connectivity index (χ2v) is 5.98. The Balaban J connectivity index is 1.82. The number of rotatable bonds is 2. The van der Waals surface area contributed by atoms with Crippen LogP contribution in [-0.2, 0) is 0 Å². The van der Waals surface area contributed by atoms with Crippen molar-refractivity contribution in [3.63, 3.8) is 0 Å². The number of carbonyl (C=O) groups excluding carboxylic acids is 1. The lowest BCUT2D eigenvalue weighted by molar-refractivity contribution is 0.0894. The monoisotopic (exact) mass is 289 g/mol. The summed E-state index contributed by atoms with van der Waals surface area (Å²) < 4.78 is 11.3. The van der Waals surface area contributed by atoms with E-state index in [1.54, 1.807) is 0 Å². The molecular formula is C17H23NO3. The van der Waals surface area contributed by atoms with Crippen LogP contribution in [0.2, 0.25) is 0 Å². The molecule has 2 aliphatic rings. The van der Waals surface area contributed by atoms with Crippen molar-refractivity contribution < 1.29 is 14.3 Å². The lowest BCUT2D eigenvalue weighted by Crippen LogP contribution is -2.34. The van der Waals surface area contributed by atoms with Gasteiger partial charge in [0.2, 0.25) is 0 Å². The molecule has 1 saturated carbocycles. The molecule has 4 heteroatoms. The molecule has 3 rings (SSSR count). The SMILES string of the molecule is NC1CCCCCC1C(=O)c1ccc2c(c1)OCCCO2. The van der Waals surface area contributed by atoms with Gasteiger partial charge in [-0.05, 0) is 31.0 Å². The molecule has 0 radical (unpaired) electrons. The highest BCUT2D eigenvalue weighted by molar-refractivity contribution is 5.98. The number of fused-ring (bicyclic) bond motifs is 1. The van der Waals surface area contributed by atoms with Crippen molar-refractivity contribution in [2.24, 2.45) is 11.7 Å². The predicted molar refractivity (Wildman–Crippen MR) is 80.9 cm³/mol. The summed E-state index contributed by atoms with van der Waals surface area (Å²) in [5.74, 6) is 1.51. The third-order valence-electron chi connectivity index (χ3n) is 4.44. The topological polar surface area (TPSA) is 61.6 Å². The zero-order valence-electron chi connectivity index (χ0n) is 12.3. The molecule has 4 nitrogen and oxygen atoms in total. The largest absolute Gasteiger partial charge is 0.490 e. The van der Waals surface area contributed by atoms with Gasteiger partial charge in [0, 0.05) is 23.9 Å². The minimum Gasteiger partial charge on any atom is -0.490 e. The minimum absolute atomic E-state index is 0.0176. The molecule has 0 bridgehead atoms. The zero-order valence-corrected chi connectivity index (χ0v) is 12.3. The second kappa shape index (κ2) is 6.48. The Bertz CT molecular complexity index is 515. The van der Waals surface area contributed by atoms with Crippen LogP contribution in [0.25, 0.3) is 0 Å². The highest BCUT2D eigenvalue weighted by Gasteiger charge is 2.28. The van der Waals surface area contributed by atoms with Crippen molar-refractivity contribution in [1.29, 1.82) is 0 Å². The number of hydrogen-bond donors (Lipinski definition) is 1. The Morgan fingerprint density at radius 1 is 1.00 bits per heavy atom. The Morgan fingerprint density at radius 3 is 2.62 bits per heavy atom. The van der Waals surface area contributed by atoms with E-state index >= 15 is 0 Å². The molecule has 1 aliphatic carbocycles. The molecule has 1 aliphatic heterocycles. The highest BCUT2D eigenvalue weighted by Crippen LogP contribution is 2.32. The first kappa shape index (κ1) is 14.4. The maximum Gasteiger partial charge on any atom is 0.167 e. The van der Waals surface area contributed by atoms with E-state index in [4.69, 9.17) is 15.2 Å². The van der Waals surface area contributed by atoms with Crippen molar-refractivity contribution in [1.82, 2.24) is 0 Å². The number of ketones is 1. The summed E-state index contributed by atoms with van der Waals surface area (Å²) in [5, 5.41) is 0. The Labute approximate surface area is 125 Å². The number of hydrogen-bond acceptors (Lipinski definition) is 4. The average Bonchev–Trinajstić information content (AvgIpc) is 2.85. The fourth-order valence-electron chi connectivity index (χ4n) is 3.19. The van der Waals surface area contributed by atoms with Crippen LogP contribution < -0.4 is 15.2 Å². The van der Waals surface area contributed by atoms with Gasteiger partial charge in [0.15, 0.2) is 17.3 Å². The van der Waals surface area contributed by atoms with Crippen LogP contribution in [-0.4, -0.2) is 25.0 Å². The molecule has 0 amide bonds. The Morgan fingerprint density at radius 2 is 1.76 bits per heavy atom. The average molecular weight is 289 g/mol. The summed E-state index contributed by atoms with van der Waals surface area (Å²) >= 11 is 0. The highest BCUT2D eigenvalue weighted by atomic mass is 16.5. The summed E-state index contributed by atoms with van der Waals surface area (Å²) in [6.07, 6.45) is 6.11. The number of carbonyl (C=O) groups is 1. The molecule has 1 fully saturated rings. The molecule has 1 aromatic rings. The quantitative estimate of drug-likeness (QED) is 0.671. The number of benzene rings is 1. The van der Waals surface area contributed by atoms with E-state index in [0.717, 1.165) is 37.9 Å². The fraction of sp³-hybridized carbons (Fsp3) is 0.588. The third kappa shape index (κ3) is 3.21. The predicted octanol–water partition coefficient (Wildman–Crippen LogP) is 2.94. The lowest BCUT2D eigenvalue weighted by Gasteiger charge is -2.20. The van der Waals surface area contributed by atoms with E-state index < -0.39 is 0 Å². The number of ether oxygens (including phenoxy) is 2. The van der Waals surface area contributed by atoms with Crippen LogP contribution in [0.15, 0.2) is 18.2 Å². The maximum absolute atomic E-state index is 12.8. The van der Waals surface area contributed by atoms with Gasteiger partial charge >= 0.3 is 0 Å². The van der Waals surface area contributed by atoms with E-state index in [9.17, 15) is 4.79 Å². The van der Waals surface area contributed by atoms with E-state index in [0.29, 0.717) is 24.5 Å². The summed E-state index contributed by atoms with van der Waals surface area (Å²) in [5.41, 5.74) is 6.90. The molecule has 21 heavy (non-hydrogen) atoms. The third-order valence-corrected chi connectivity index (χ3v) is 4.44. The molecule has 2 N–H and O–H groups in total. The van der Waals surface area contributed by atoms with Crippen molar-refractivity contribution in [3.05, 3.63) is 23.8 Å². The van der Waals surface area contributed by atoms with Gasteiger partial charge in [-0.2, -0.15) is 0 Å². The van der Waals surface area contributed by atoms with Gasteiger partial charge in [-0.3, -0.25) is 4.79 Å². The van der Waals surface area contributed by atoms with Gasteiger partial charge in [0.1, 0.15) is 0 Å². The first-order valence-electron chi connectivity index (χ1n) is 7.95. The van der Waals surface area contributed by atoms with Crippen molar-refractivity contribution >= 4 is 5.78 Å². The van der Waals surface area contributed by atoms with E-state index in [-0.39, 0.29) is 17.7 Å². The van der Waals surface area contributed by atoms with Gasteiger partial charge in [0.25, 0.3) is 0 Å². The first-order valence-corrected chi connectivity index (χ1v) is 7.95.